The molecule has 2 aliphatic rings. The number of likely N-dealkylation sites (tertiary alicyclic amines) is 2. The fourth-order valence-corrected chi connectivity index (χ4v) is 7.88. The van der Waals surface area contributed by atoms with Crippen molar-refractivity contribution in [2.45, 2.75) is 43.8 Å². The topological polar surface area (TPSA) is 266 Å². The van der Waals surface area contributed by atoms with Crippen LogP contribution in [0.15, 0.2) is 78.1 Å². The summed E-state index contributed by atoms with van der Waals surface area (Å²) in [5.74, 6) is -0.577. The highest BCUT2D eigenvalue weighted by atomic mass is 32.1. The Morgan fingerprint density at radius 1 is 1.03 bits per heavy atom. The zero-order valence-electron chi connectivity index (χ0n) is 31.9. The number of fused-ring (bicyclic) bond motifs is 1. The highest BCUT2D eigenvalue weighted by Gasteiger charge is 2.39. The third-order valence-electron chi connectivity index (χ3n) is 9.95. The van der Waals surface area contributed by atoms with E-state index in [0.717, 1.165) is 42.2 Å². The lowest BCUT2D eigenvalue weighted by molar-refractivity contribution is -0.125. The highest BCUT2D eigenvalue weighted by molar-refractivity contribution is 7.13. The fraction of sp³-hybridized carbons (Fsp3) is 0.421. The Morgan fingerprint density at radius 2 is 1.85 bits per heavy atom. The van der Waals surface area contributed by atoms with E-state index in [1.165, 1.54) is 23.1 Å². The van der Waals surface area contributed by atoms with Crippen molar-refractivity contribution in [1.29, 1.82) is 0 Å². The molecule has 6 heterocycles. The average molecular weight is 827 g/mol. The van der Waals surface area contributed by atoms with Crippen molar-refractivity contribution in [3.05, 3.63) is 113 Å². The summed E-state index contributed by atoms with van der Waals surface area (Å²) >= 11 is 1.57. The highest BCUT2D eigenvalue weighted by Crippen LogP contribution is 2.28. The second-order valence-electron chi connectivity index (χ2n) is 14.1. The maximum atomic E-state index is 13.5. The molecule has 0 radical (unpaired) electrons. The number of aromatic amines is 2. The largest absolute Gasteiger partial charge is 0.419 e. The lowest BCUT2D eigenvalue weighted by Gasteiger charge is -2.32. The van der Waals surface area contributed by atoms with E-state index in [1.54, 1.807) is 17.4 Å². The zero-order chi connectivity index (χ0) is 41.1. The van der Waals surface area contributed by atoms with Crippen LogP contribution >= 0.6 is 11.3 Å². The molecule has 20 nitrogen and oxygen atoms in total. The molecule has 1 unspecified atom stereocenters. The second-order valence-corrected chi connectivity index (χ2v) is 15.0. The summed E-state index contributed by atoms with van der Waals surface area (Å²) in [7, 11) is 0. The van der Waals surface area contributed by atoms with Crippen LogP contribution in [0.4, 0.5) is 5.95 Å². The molecule has 0 saturated carbocycles. The number of nitrogens with zero attached hydrogens (tertiary/aromatic N) is 8. The van der Waals surface area contributed by atoms with Crippen molar-refractivity contribution < 1.29 is 23.5 Å². The summed E-state index contributed by atoms with van der Waals surface area (Å²) in [6, 6.07) is 8.05. The summed E-state index contributed by atoms with van der Waals surface area (Å²) in [6.45, 7) is 4.29. The standard InChI is InChI=1S/C38H42N12O8S/c39-48-47-26-16-30(50(22-26)35(53)24-5-6-27-28(15-24)45-38(55)58-36(27)54)34(52)40-7-10-56-12-13-57-11-8-41-37-42-18-23(19-43-37)20-49-9-1-3-25(21-49)33-44-29(17-32(51)46-33)31-4-2-14-59-31/h2,4-6,14-15,17-19,25-26,30H,1,3,7-13,16,20-22H2,(H,40,52)(H,45,55)(H,41,42,43)(H,44,46,51)/t25?,26-,30-/m0/s1. The summed E-state index contributed by atoms with van der Waals surface area (Å²) < 4.78 is 15.8. The molecule has 4 aromatic heterocycles. The molecule has 0 bridgehead atoms. The Balaban J connectivity index is 0.778. The molecule has 7 rings (SSSR count). The van der Waals surface area contributed by atoms with Crippen molar-refractivity contribution in [2.24, 2.45) is 5.11 Å². The number of hydrogen-bond acceptors (Lipinski definition) is 15. The van der Waals surface area contributed by atoms with Crippen molar-refractivity contribution in [2.75, 3.05) is 64.5 Å². The number of azide groups is 1. The first-order valence-electron chi connectivity index (χ1n) is 19.1. The lowest BCUT2D eigenvalue weighted by Crippen LogP contribution is -2.46. The van der Waals surface area contributed by atoms with E-state index in [1.807, 2.05) is 29.9 Å². The van der Waals surface area contributed by atoms with E-state index in [4.69, 9.17) is 20.0 Å². The first-order chi connectivity index (χ1) is 28.7. The molecule has 2 amide bonds. The van der Waals surface area contributed by atoms with Gasteiger partial charge in [0.1, 0.15) is 11.9 Å². The predicted molar refractivity (Wildman–Crippen MR) is 216 cm³/mol. The van der Waals surface area contributed by atoms with Gasteiger partial charge in [-0.15, -0.1) is 11.3 Å². The van der Waals surface area contributed by atoms with Crippen LogP contribution in [0, 0.1) is 0 Å². The molecular weight excluding hydrogens is 785 g/mol. The molecule has 1 aromatic carbocycles. The minimum Gasteiger partial charge on any atom is -0.377 e. The zero-order valence-corrected chi connectivity index (χ0v) is 32.7. The maximum absolute atomic E-state index is 13.5. The SMILES string of the molecule is [N-]=[N+]=N[C@H]1C[C@@H](C(=O)NCCOCCOCCNc2ncc(CN3CCCC(c4nc(-c5cccs5)cc(=O)[nH]4)C3)cn2)N(C(=O)c2ccc3c(=O)oc(=O)[nH]c3c2)C1. The van der Waals surface area contributed by atoms with Crippen molar-refractivity contribution in [3.63, 3.8) is 0 Å². The van der Waals surface area contributed by atoms with Gasteiger partial charge in [0.2, 0.25) is 11.9 Å². The Kier molecular flexibility index (Phi) is 13.5. The Hall–Kier alpha value is -6.25. The molecular formula is C38H42N12O8S. The number of rotatable bonds is 17. The van der Waals surface area contributed by atoms with Gasteiger partial charge in [-0.05, 0) is 61.0 Å². The molecule has 2 saturated heterocycles. The summed E-state index contributed by atoms with van der Waals surface area (Å²) in [4.78, 5) is 89.1. The van der Waals surface area contributed by atoms with E-state index in [2.05, 4.69) is 49.9 Å². The summed E-state index contributed by atoms with van der Waals surface area (Å²) in [5.41, 5.74) is 9.93. The molecule has 5 aromatic rings. The van der Waals surface area contributed by atoms with E-state index in [0.29, 0.717) is 44.6 Å². The van der Waals surface area contributed by atoms with Gasteiger partial charge in [-0.3, -0.25) is 24.3 Å². The number of H-pyrrole nitrogens is 2. The number of carbonyl (C=O) groups is 2. The smallest absolute Gasteiger partial charge is 0.377 e. The monoisotopic (exact) mass is 826 g/mol. The van der Waals surface area contributed by atoms with E-state index < -0.39 is 35.3 Å². The van der Waals surface area contributed by atoms with Gasteiger partial charge in [0, 0.05) is 73.1 Å². The Labute approximate surface area is 339 Å². The molecule has 0 spiro atoms. The normalized spacial score (nSPS) is 18.1. The minimum absolute atomic E-state index is 0.0167. The maximum Gasteiger partial charge on any atom is 0.419 e. The lowest BCUT2D eigenvalue weighted by atomic mass is 9.96. The molecule has 2 fully saturated rings. The number of anilines is 1. The van der Waals surface area contributed by atoms with E-state index in [9.17, 15) is 24.0 Å². The van der Waals surface area contributed by atoms with Crippen molar-refractivity contribution in [1.82, 2.24) is 40.0 Å². The third kappa shape index (κ3) is 10.6. The summed E-state index contributed by atoms with van der Waals surface area (Å²) in [6.07, 6.45) is 5.69. The number of ether oxygens (including phenoxy) is 2. The predicted octanol–water partition coefficient (Wildman–Crippen LogP) is 2.62. The molecule has 2 aliphatic heterocycles. The van der Waals surface area contributed by atoms with Crippen LogP contribution in [0.5, 0.6) is 0 Å². The third-order valence-corrected chi connectivity index (χ3v) is 10.8. The molecule has 59 heavy (non-hydrogen) atoms. The first kappa shape index (κ1) is 40.9. The van der Waals surface area contributed by atoms with Gasteiger partial charge >= 0.3 is 11.4 Å². The van der Waals surface area contributed by atoms with Gasteiger partial charge in [-0.2, -0.15) is 0 Å². The van der Waals surface area contributed by atoms with Crippen molar-refractivity contribution in [3.8, 4) is 10.6 Å². The van der Waals surface area contributed by atoms with Gasteiger partial charge in [0.15, 0.2) is 0 Å². The Morgan fingerprint density at radius 3 is 2.63 bits per heavy atom. The average Bonchev–Trinajstić information content (AvgIpc) is 3.93. The fourth-order valence-electron chi connectivity index (χ4n) is 7.19. The van der Waals surface area contributed by atoms with Crippen LogP contribution in [0.3, 0.4) is 0 Å². The van der Waals surface area contributed by atoms with Crippen LogP contribution in [0.2, 0.25) is 0 Å². The van der Waals surface area contributed by atoms with Gasteiger partial charge in [0.25, 0.3) is 11.5 Å². The minimum atomic E-state index is -0.959. The van der Waals surface area contributed by atoms with Crippen LogP contribution in [0.1, 0.15) is 46.9 Å². The number of carbonyl (C=O) groups excluding carboxylic acids is 2. The van der Waals surface area contributed by atoms with E-state index >= 15 is 0 Å². The van der Waals surface area contributed by atoms with Crippen LogP contribution < -0.4 is 27.6 Å². The molecule has 308 valence electrons. The van der Waals surface area contributed by atoms with Crippen LogP contribution in [0.25, 0.3) is 31.9 Å². The second kappa shape index (κ2) is 19.5. The van der Waals surface area contributed by atoms with Gasteiger partial charge in [-0.1, -0.05) is 11.2 Å². The molecule has 0 aliphatic carbocycles. The summed E-state index contributed by atoms with van der Waals surface area (Å²) in [5, 5.41) is 11.7. The number of thiophene rings is 1. The number of nitrogens with one attached hydrogen (secondary N) is 4. The number of piperidine rings is 1. The van der Waals surface area contributed by atoms with Gasteiger partial charge in [0.05, 0.1) is 53.9 Å². The number of aromatic nitrogens is 5. The number of hydrogen-bond donors (Lipinski definition) is 4. The van der Waals surface area contributed by atoms with Gasteiger partial charge in [-0.25, -0.2) is 24.5 Å². The number of benzene rings is 1. The van der Waals surface area contributed by atoms with Crippen LogP contribution in [-0.2, 0) is 20.8 Å². The number of amides is 2. The molecule has 21 heteroatoms. The Bertz CT molecular complexity index is 2470. The van der Waals surface area contributed by atoms with Crippen molar-refractivity contribution >= 4 is 40.0 Å². The quantitative estimate of drug-likeness (QED) is 0.0455. The molecule has 3 atom stereocenters. The first-order valence-corrected chi connectivity index (χ1v) is 20.0. The van der Waals surface area contributed by atoms with Crippen LogP contribution in [-0.4, -0.2) is 118 Å². The molecule has 4 N–H and O–H groups in total. The van der Waals surface area contributed by atoms with Gasteiger partial charge < -0.3 is 34.4 Å². The van der Waals surface area contributed by atoms with E-state index in [-0.39, 0.29) is 54.1 Å².